The largest absolute Gasteiger partial charge is 0.472 e. The molecular formula is C11H20N2O. The van der Waals surface area contributed by atoms with Crippen LogP contribution >= 0.6 is 0 Å². The van der Waals surface area contributed by atoms with E-state index in [2.05, 4.69) is 31.4 Å². The summed E-state index contributed by atoms with van der Waals surface area (Å²) in [5.41, 5.74) is 1.34. The van der Waals surface area contributed by atoms with E-state index in [-0.39, 0.29) is 5.54 Å². The van der Waals surface area contributed by atoms with Gasteiger partial charge in [0.2, 0.25) is 0 Å². The molecule has 0 amide bonds. The van der Waals surface area contributed by atoms with Crippen LogP contribution in [0.4, 0.5) is 0 Å². The maximum atomic E-state index is 4.99. The van der Waals surface area contributed by atoms with Gasteiger partial charge in [0, 0.05) is 24.2 Å². The first-order chi connectivity index (χ1) is 6.64. The third kappa shape index (κ3) is 3.94. The average Bonchev–Trinajstić information content (AvgIpc) is 2.56. The van der Waals surface area contributed by atoms with Crippen molar-refractivity contribution >= 4 is 0 Å². The Morgan fingerprint density at radius 1 is 1.43 bits per heavy atom. The molecule has 1 heterocycles. The fraction of sp³-hybridized carbons (Fsp3) is 0.636. The SMILES string of the molecule is CCNC(C)(C)CNCc1ccoc1. The second kappa shape index (κ2) is 5.17. The molecule has 1 aromatic rings. The van der Waals surface area contributed by atoms with Crippen molar-refractivity contribution in [3.05, 3.63) is 24.2 Å². The molecule has 3 nitrogen and oxygen atoms in total. The van der Waals surface area contributed by atoms with E-state index in [0.29, 0.717) is 0 Å². The van der Waals surface area contributed by atoms with Gasteiger partial charge in [-0.15, -0.1) is 0 Å². The number of furan rings is 1. The molecule has 2 N–H and O–H groups in total. The molecule has 0 aromatic carbocycles. The van der Waals surface area contributed by atoms with E-state index in [9.17, 15) is 0 Å². The van der Waals surface area contributed by atoms with Crippen molar-refractivity contribution < 1.29 is 4.42 Å². The zero-order valence-corrected chi connectivity index (χ0v) is 9.26. The molecule has 0 fully saturated rings. The molecule has 0 spiro atoms. The Labute approximate surface area is 85.9 Å². The van der Waals surface area contributed by atoms with Crippen molar-refractivity contribution in [2.75, 3.05) is 13.1 Å². The summed E-state index contributed by atoms with van der Waals surface area (Å²) in [7, 11) is 0. The lowest BCUT2D eigenvalue weighted by atomic mass is 10.1. The van der Waals surface area contributed by atoms with Crippen molar-refractivity contribution in [2.45, 2.75) is 32.9 Å². The summed E-state index contributed by atoms with van der Waals surface area (Å²) >= 11 is 0. The summed E-state index contributed by atoms with van der Waals surface area (Å²) < 4.78 is 4.99. The molecular weight excluding hydrogens is 176 g/mol. The number of hydrogen-bond donors (Lipinski definition) is 2. The summed E-state index contributed by atoms with van der Waals surface area (Å²) in [6, 6.07) is 1.98. The maximum Gasteiger partial charge on any atom is 0.0947 e. The molecule has 0 bridgehead atoms. The first-order valence-corrected chi connectivity index (χ1v) is 5.11. The Balaban J connectivity index is 2.20. The first kappa shape index (κ1) is 11.3. The van der Waals surface area contributed by atoms with Crippen molar-refractivity contribution in [1.29, 1.82) is 0 Å². The van der Waals surface area contributed by atoms with E-state index in [1.165, 1.54) is 5.56 Å². The highest BCUT2D eigenvalue weighted by molar-refractivity contribution is 5.04. The summed E-state index contributed by atoms with van der Waals surface area (Å²) in [6.45, 7) is 9.33. The lowest BCUT2D eigenvalue weighted by Crippen LogP contribution is -2.47. The Bertz CT molecular complexity index is 242. The molecule has 0 saturated carbocycles. The molecule has 0 radical (unpaired) electrons. The van der Waals surface area contributed by atoms with Gasteiger partial charge in [-0.05, 0) is 26.5 Å². The predicted octanol–water partition coefficient (Wildman–Crippen LogP) is 1.76. The van der Waals surface area contributed by atoms with E-state index < -0.39 is 0 Å². The molecule has 0 unspecified atom stereocenters. The van der Waals surface area contributed by atoms with Crippen LogP contribution in [0.25, 0.3) is 0 Å². The number of rotatable bonds is 6. The summed E-state index contributed by atoms with van der Waals surface area (Å²) in [6.07, 6.45) is 3.47. The molecule has 0 saturated heterocycles. The zero-order valence-electron chi connectivity index (χ0n) is 9.26. The van der Waals surface area contributed by atoms with Crippen molar-refractivity contribution in [1.82, 2.24) is 10.6 Å². The fourth-order valence-electron chi connectivity index (χ4n) is 1.45. The quantitative estimate of drug-likeness (QED) is 0.728. The van der Waals surface area contributed by atoms with Gasteiger partial charge in [-0.1, -0.05) is 6.92 Å². The van der Waals surface area contributed by atoms with Crippen molar-refractivity contribution in [3.63, 3.8) is 0 Å². The van der Waals surface area contributed by atoms with Gasteiger partial charge in [0.15, 0.2) is 0 Å². The van der Waals surface area contributed by atoms with Crippen LogP contribution in [0.3, 0.4) is 0 Å². The Morgan fingerprint density at radius 3 is 2.79 bits per heavy atom. The van der Waals surface area contributed by atoms with Crippen LogP contribution in [0.2, 0.25) is 0 Å². The minimum atomic E-state index is 0.151. The van der Waals surface area contributed by atoms with Gasteiger partial charge in [-0.2, -0.15) is 0 Å². The third-order valence-corrected chi connectivity index (χ3v) is 2.13. The van der Waals surface area contributed by atoms with Gasteiger partial charge >= 0.3 is 0 Å². The van der Waals surface area contributed by atoms with Gasteiger partial charge in [0.05, 0.1) is 12.5 Å². The van der Waals surface area contributed by atoms with E-state index in [1.807, 2.05) is 6.07 Å². The number of likely N-dealkylation sites (N-methyl/N-ethyl adjacent to an activating group) is 1. The molecule has 14 heavy (non-hydrogen) atoms. The highest BCUT2D eigenvalue weighted by Crippen LogP contribution is 2.02. The van der Waals surface area contributed by atoms with Gasteiger partial charge < -0.3 is 15.1 Å². The molecule has 1 rings (SSSR count). The second-order valence-electron chi connectivity index (χ2n) is 4.15. The topological polar surface area (TPSA) is 37.2 Å². The first-order valence-electron chi connectivity index (χ1n) is 5.11. The van der Waals surface area contributed by atoms with E-state index in [0.717, 1.165) is 19.6 Å². The Kier molecular flexibility index (Phi) is 4.17. The van der Waals surface area contributed by atoms with Crippen LogP contribution in [-0.2, 0) is 6.54 Å². The van der Waals surface area contributed by atoms with Crippen LogP contribution in [0.5, 0.6) is 0 Å². The van der Waals surface area contributed by atoms with Crippen LogP contribution in [-0.4, -0.2) is 18.6 Å². The monoisotopic (exact) mass is 196 g/mol. The van der Waals surface area contributed by atoms with Crippen LogP contribution < -0.4 is 10.6 Å². The van der Waals surface area contributed by atoms with Gasteiger partial charge in [0.1, 0.15) is 0 Å². The second-order valence-corrected chi connectivity index (χ2v) is 4.15. The molecule has 1 aromatic heterocycles. The minimum absolute atomic E-state index is 0.151. The molecule has 80 valence electrons. The maximum absolute atomic E-state index is 4.99. The van der Waals surface area contributed by atoms with Gasteiger partial charge in [-0.25, -0.2) is 0 Å². The molecule has 3 heteroatoms. The van der Waals surface area contributed by atoms with E-state index in [4.69, 9.17) is 4.42 Å². The molecule has 0 atom stereocenters. The zero-order chi connectivity index (χ0) is 10.4. The highest BCUT2D eigenvalue weighted by Gasteiger charge is 2.14. The van der Waals surface area contributed by atoms with Crippen molar-refractivity contribution in [3.8, 4) is 0 Å². The average molecular weight is 196 g/mol. The van der Waals surface area contributed by atoms with Crippen LogP contribution in [0.1, 0.15) is 26.3 Å². The van der Waals surface area contributed by atoms with Crippen LogP contribution in [0, 0.1) is 0 Å². The van der Waals surface area contributed by atoms with Gasteiger partial charge in [-0.3, -0.25) is 0 Å². The van der Waals surface area contributed by atoms with E-state index >= 15 is 0 Å². The lowest BCUT2D eigenvalue weighted by Gasteiger charge is -2.25. The summed E-state index contributed by atoms with van der Waals surface area (Å²) in [5.74, 6) is 0. The number of nitrogens with one attached hydrogen (secondary N) is 2. The van der Waals surface area contributed by atoms with Crippen LogP contribution in [0.15, 0.2) is 23.0 Å². The molecule has 0 aliphatic rings. The predicted molar refractivity (Wildman–Crippen MR) is 58.2 cm³/mol. The summed E-state index contributed by atoms with van der Waals surface area (Å²) in [5, 5.41) is 6.81. The standard InChI is InChI=1S/C11H20N2O/c1-4-13-11(2,3)9-12-7-10-5-6-14-8-10/h5-6,8,12-13H,4,7,9H2,1-3H3. The van der Waals surface area contributed by atoms with E-state index in [1.54, 1.807) is 12.5 Å². The fourth-order valence-corrected chi connectivity index (χ4v) is 1.45. The lowest BCUT2D eigenvalue weighted by molar-refractivity contribution is 0.373. The molecule has 0 aliphatic carbocycles. The Morgan fingerprint density at radius 2 is 2.21 bits per heavy atom. The van der Waals surface area contributed by atoms with Crippen molar-refractivity contribution in [2.24, 2.45) is 0 Å². The minimum Gasteiger partial charge on any atom is -0.472 e. The summed E-state index contributed by atoms with van der Waals surface area (Å²) in [4.78, 5) is 0. The van der Waals surface area contributed by atoms with Gasteiger partial charge in [0.25, 0.3) is 0 Å². The third-order valence-electron chi connectivity index (χ3n) is 2.13. The number of hydrogen-bond acceptors (Lipinski definition) is 3. The molecule has 0 aliphatic heterocycles. The highest BCUT2D eigenvalue weighted by atomic mass is 16.3. The Hall–Kier alpha value is -0.800. The normalized spacial score (nSPS) is 11.9. The smallest absolute Gasteiger partial charge is 0.0947 e.